The van der Waals surface area contributed by atoms with Crippen LogP contribution >= 0.6 is 0 Å². The molecule has 0 spiro atoms. The summed E-state index contributed by atoms with van der Waals surface area (Å²) in [5.74, 6) is 0.433. The molecule has 1 aromatic carbocycles. The molecule has 1 saturated heterocycles. The highest BCUT2D eigenvalue weighted by Gasteiger charge is 2.33. The molecule has 0 radical (unpaired) electrons. The van der Waals surface area contributed by atoms with Gasteiger partial charge in [0, 0.05) is 13.1 Å². The van der Waals surface area contributed by atoms with Crippen LogP contribution in [0.4, 0.5) is 0 Å². The van der Waals surface area contributed by atoms with E-state index < -0.39 is 18.6 Å². The standard InChI is InChI=1S/C23H39BN2O5/c1-18(2)20-8-3-4-9-21(20)31-19-10-16-26(17-11-19)15-7-13-23(25,22(27)28)12-5-6-14-24(29)30/h3-4,8-9,18-19,29-30H,5-7,10-17,25H2,1-2H3,(H,27,28). The number of likely N-dealkylation sites (tertiary alicyclic amines) is 1. The van der Waals surface area contributed by atoms with Crippen LogP contribution in [-0.2, 0) is 4.79 Å². The number of hydrogen-bond donors (Lipinski definition) is 4. The molecule has 1 aromatic rings. The maximum Gasteiger partial charge on any atom is 0.451 e. The summed E-state index contributed by atoms with van der Waals surface area (Å²) in [7, 11) is -1.34. The van der Waals surface area contributed by atoms with E-state index in [1.165, 1.54) is 5.56 Å². The van der Waals surface area contributed by atoms with Crippen LogP contribution in [0.15, 0.2) is 24.3 Å². The molecule has 0 aliphatic carbocycles. The molecule has 1 aliphatic heterocycles. The Labute approximate surface area is 186 Å². The normalized spacial score (nSPS) is 17.5. The zero-order valence-electron chi connectivity index (χ0n) is 19.0. The van der Waals surface area contributed by atoms with Crippen molar-refractivity contribution < 1.29 is 24.7 Å². The Morgan fingerprint density at radius 3 is 2.45 bits per heavy atom. The van der Waals surface area contributed by atoms with Gasteiger partial charge >= 0.3 is 13.1 Å². The molecule has 1 heterocycles. The number of carboxylic acids is 1. The van der Waals surface area contributed by atoms with E-state index >= 15 is 0 Å². The number of carbonyl (C=O) groups is 1. The van der Waals surface area contributed by atoms with Crippen LogP contribution in [0.25, 0.3) is 0 Å². The number of piperidine rings is 1. The van der Waals surface area contributed by atoms with Gasteiger partial charge in [-0.1, -0.05) is 44.9 Å². The van der Waals surface area contributed by atoms with Gasteiger partial charge in [0.25, 0.3) is 0 Å². The number of para-hydroxylation sites is 1. The summed E-state index contributed by atoms with van der Waals surface area (Å²) in [5, 5.41) is 27.4. The molecule has 1 unspecified atom stereocenters. The second-order valence-electron chi connectivity index (χ2n) is 9.14. The Morgan fingerprint density at radius 2 is 1.84 bits per heavy atom. The second-order valence-corrected chi connectivity index (χ2v) is 9.14. The lowest BCUT2D eigenvalue weighted by molar-refractivity contribution is -0.144. The summed E-state index contributed by atoms with van der Waals surface area (Å²) in [4.78, 5) is 14.0. The number of rotatable bonds is 13. The van der Waals surface area contributed by atoms with Gasteiger partial charge < -0.3 is 30.5 Å². The second kappa shape index (κ2) is 12.4. The fraction of sp³-hybridized carbons (Fsp3) is 0.696. The molecule has 8 heteroatoms. The zero-order valence-corrected chi connectivity index (χ0v) is 19.0. The average molecular weight is 434 g/mol. The van der Waals surface area contributed by atoms with Crippen molar-refractivity contribution in [3.05, 3.63) is 29.8 Å². The Kier molecular flexibility index (Phi) is 10.3. The van der Waals surface area contributed by atoms with Crippen molar-refractivity contribution in [2.75, 3.05) is 19.6 Å². The molecule has 1 aliphatic rings. The van der Waals surface area contributed by atoms with Crippen LogP contribution in [0.1, 0.15) is 70.3 Å². The highest BCUT2D eigenvalue weighted by atomic mass is 16.5. The molecule has 0 bridgehead atoms. The molecular weight excluding hydrogens is 395 g/mol. The van der Waals surface area contributed by atoms with Gasteiger partial charge in [-0.2, -0.15) is 0 Å². The van der Waals surface area contributed by atoms with E-state index in [0.29, 0.717) is 31.6 Å². The summed E-state index contributed by atoms with van der Waals surface area (Å²) in [5.41, 5.74) is 6.15. The summed E-state index contributed by atoms with van der Waals surface area (Å²) < 4.78 is 6.30. The minimum Gasteiger partial charge on any atom is -0.490 e. The minimum atomic E-state index is -1.34. The molecule has 1 atom stereocenters. The number of nitrogens with two attached hydrogens (primary N) is 1. The lowest BCUT2D eigenvalue weighted by Crippen LogP contribution is -2.48. The third-order valence-electron chi connectivity index (χ3n) is 6.23. The van der Waals surface area contributed by atoms with Crippen molar-refractivity contribution >= 4 is 13.1 Å². The van der Waals surface area contributed by atoms with Gasteiger partial charge in [-0.05, 0) is 62.5 Å². The van der Waals surface area contributed by atoms with Crippen molar-refractivity contribution in [2.24, 2.45) is 5.73 Å². The molecule has 0 saturated carbocycles. The van der Waals surface area contributed by atoms with Crippen LogP contribution < -0.4 is 10.5 Å². The molecule has 1 fully saturated rings. The van der Waals surface area contributed by atoms with E-state index in [0.717, 1.165) is 44.6 Å². The number of aliphatic carboxylic acids is 1. The van der Waals surface area contributed by atoms with Crippen molar-refractivity contribution in [3.63, 3.8) is 0 Å². The lowest BCUT2D eigenvalue weighted by Gasteiger charge is -2.33. The molecule has 0 amide bonds. The number of nitrogens with zero attached hydrogens (tertiary/aromatic N) is 1. The van der Waals surface area contributed by atoms with Crippen molar-refractivity contribution in [2.45, 2.75) is 82.7 Å². The topological polar surface area (TPSA) is 116 Å². The third kappa shape index (κ3) is 8.45. The molecule has 0 aromatic heterocycles. The molecule has 2 rings (SSSR count). The first kappa shape index (κ1) is 25.7. The van der Waals surface area contributed by atoms with Crippen LogP contribution in [0, 0.1) is 0 Å². The first-order chi connectivity index (χ1) is 14.7. The number of ether oxygens (including phenoxy) is 1. The molecule has 31 heavy (non-hydrogen) atoms. The maximum absolute atomic E-state index is 11.7. The van der Waals surface area contributed by atoms with E-state index in [-0.39, 0.29) is 12.4 Å². The SMILES string of the molecule is CC(C)c1ccccc1OC1CCN(CCCC(N)(CCCCB(O)O)C(=O)O)CC1. The van der Waals surface area contributed by atoms with E-state index in [1.54, 1.807) is 0 Å². The average Bonchev–Trinajstić information content (AvgIpc) is 2.72. The highest BCUT2D eigenvalue weighted by molar-refractivity contribution is 6.40. The quantitative estimate of drug-likeness (QED) is 0.279. The number of hydrogen-bond acceptors (Lipinski definition) is 6. The van der Waals surface area contributed by atoms with Gasteiger partial charge in [0.1, 0.15) is 17.4 Å². The van der Waals surface area contributed by atoms with Gasteiger partial charge in [0.15, 0.2) is 0 Å². The van der Waals surface area contributed by atoms with Crippen molar-refractivity contribution in [1.29, 1.82) is 0 Å². The van der Waals surface area contributed by atoms with Crippen LogP contribution in [0.5, 0.6) is 5.75 Å². The predicted octanol–water partition coefficient (Wildman–Crippen LogP) is 2.86. The fourth-order valence-electron chi connectivity index (χ4n) is 4.22. The molecule has 7 nitrogen and oxygen atoms in total. The number of carboxylic acid groups (broad SMARTS) is 1. The van der Waals surface area contributed by atoms with Crippen molar-refractivity contribution in [1.82, 2.24) is 4.90 Å². The molecular formula is C23H39BN2O5. The first-order valence-corrected chi connectivity index (χ1v) is 11.6. The maximum atomic E-state index is 11.7. The van der Waals surface area contributed by atoms with Gasteiger partial charge in [-0.3, -0.25) is 4.79 Å². The number of unbranched alkanes of at least 4 members (excludes halogenated alkanes) is 1. The van der Waals surface area contributed by atoms with E-state index in [4.69, 9.17) is 20.5 Å². The van der Waals surface area contributed by atoms with Crippen LogP contribution in [0.3, 0.4) is 0 Å². The fourth-order valence-corrected chi connectivity index (χ4v) is 4.22. The molecule has 5 N–H and O–H groups in total. The predicted molar refractivity (Wildman–Crippen MR) is 123 cm³/mol. The summed E-state index contributed by atoms with van der Waals surface area (Å²) >= 11 is 0. The highest BCUT2D eigenvalue weighted by Crippen LogP contribution is 2.29. The van der Waals surface area contributed by atoms with Crippen LogP contribution in [-0.4, -0.2) is 64.4 Å². The molecule has 174 valence electrons. The first-order valence-electron chi connectivity index (χ1n) is 11.6. The number of benzene rings is 1. The smallest absolute Gasteiger partial charge is 0.451 e. The third-order valence-corrected chi connectivity index (χ3v) is 6.23. The summed E-state index contributed by atoms with van der Waals surface area (Å²) in [6.07, 6.45) is 5.00. The van der Waals surface area contributed by atoms with Gasteiger partial charge in [0.2, 0.25) is 0 Å². The van der Waals surface area contributed by atoms with E-state index in [1.807, 2.05) is 6.07 Å². The van der Waals surface area contributed by atoms with Gasteiger partial charge in [0.05, 0.1) is 0 Å². The van der Waals surface area contributed by atoms with Crippen molar-refractivity contribution in [3.8, 4) is 5.75 Å². The minimum absolute atomic E-state index is 0.214. The largest absolute Gasteiger partial charge is 0.490 e. The Hall–Kier alpha value is -1.61. The Morgan fingerprint density at radius 1 is 1.19 bits per heavy atom. The van der Waals surface area contributed by atoms with E-state index in [2.05, 4.69) is 36.9 Å². The Bertz CT molecular complexity index is 680. The van der Waals surface area contributed by atoms with Gasteiger partial charge in [-0.25, -0.2) is 0 Å². The lowest BCUT2D eigenvalue weighted by atomic mass is 9.81. The Balaban J connectivity index is 1.73. The summed E-state index contributed by atoms with van der Waals surface area (Å²) in [6.45, 7) is 7.06. The summed E-state index contributed by atoms with van der Waals surface area (Å²) in [6, 6.07) is 8.25. The monoisotopic (exact) mass is 434 g/mol. The van der Waals surface area contributed by atoms with E-state index in [9.17, 15) is 9.90 Å². The van der Waals surface area contributed by atoms with Crippen LogP contribution in [0.2, 0.25) is 6.32 Å². The zero-order chi connectivity index (χ0) is 22.9. The van der Waals surface area contributed by atoms with Gasteiger partial charge in [-0.15, -0.1) is 0 Å².